The Balaban J connectivity index is 1.42. The fourth-order valence-electron chi connectivity index (χ4n) is 3.41. The third kappa shape index (κ3) is 4.69. The first kappa shape index (κ1) is 21.2. The maximum absolute atomic E-state index is 12.7. The Morgan fingerprint density at radius 1 is 1.03 bits per heavy atom. The highest BCUT2D eigenvalue weighted by Gasteiger charge is 2.19. The molecule has 7 nitrogen and oxygen atoms in total. The highest BCUT2D eigenvalue weighted by atomic mass is 32.2. The van der Waals surface area contributed by atoms with Crippen LogP contribution in [0.4, 0.5) is 5.69 Å². The fraction of sp³-hybridized carbons (Fsp3) is 0.348. The monoisotopic (exact) mass is 439 g/mol. The van der Waals surface area contributed by atoms with Gasteiger partial charge in [0, 0.05) is 11.3 Å². The van der Waals surface area contributed by atoms with Gasteiger partial charge < -0.3 is 19.2 Å². The van der Waals surface area contributed by atoms with Crippen molar-refractivity contribution in [2.24, 2.45) is 0 Å². The minimum Gasteiger partial charge on any atom is -0.454 e. The number of aromatic nitrogens is 2. The van der Waals surface area contributed by atoms with E-state index in [0.29, 0.717) is 34.4 Å². The lowest BCUT2D eigenvalue weighted by Gasteiger charge is -2.20. The second-order valence-corrected chi connectivity index (χ2v) is 8.83. The average Bonchev–Trinajstić information content (AvgIpc) is 3.40. The molecule has 31 heavy (non-hydrogen) atoms. The Hall–Kier alpha value is -3.00. The van der Waals surface area contributed by atoms with E-state index in [1.807, 2.05) is 12.1 Å². The van der Waals surface area contributed by atoms with Crippen LogP contribution in [0.3, 0.4) is 0 Å². The number of rotatable bonds is 7. The number of benzene rings is 2. The molecular formula is C23H25N3O4S. The van der Waals surface area contributed by atoms with Crippen LogP contribution in [0.1, 0.15) is 50.7 Å². The number of para-hydroxylation sites is 1. The van der Waals surface area contributed by atoms with Crippen LogP contribution in [0.5, 0.6) is 11.5 Å². The minimum atomic E-state index is -0.108. The molecule has 1 amide bonds. The van der Waals surface area contributed by atoms with Crippen LogP contribution in [0.2, 0.25) is 0 Å². The first-order valence-electron chi connectivity index (χ1n) is 10.2. The molecule has 0 unspecified atom stereocenters. The molecule has 1 aliphatic rings. The molecule has 0 bridgehead atoms. The van der Waals surface area contributed by atoms with E-state index in [2.05, 4.69) is 55.3 Å². The Kier molecular flexibility index (Phi) is 6.18. The van der Waals surface area contributed by atoms with Gasteiger partial charge in [-0.25, -0.2) is 0 Å². The molecule has 2 aromatic carbocycles. The predicted molar refractivity (Wildman–Crippen MR) is 120 cm³/mol. The maximum atomic E-state index is 12.7. The van der Waals surface area contributed by atoms with Crippen LogP contribution >= 0.6 is 11.8 Å². The highest BCUT2D eigenvalue weighted by molar-refractivity contribution is 7.99. The van der Waals surface area contributed by atoms with Crippen LogP contribution in [0, 0.1) is 0 Å². The number of thioether (sulfide) groups is 1. The summed E-state index contributed by atoms with van der Waals surface area (Å²) in [5.41, 5.74) is 3.91. The Bertz CT molecular complexity index is 1070. The van der Waals surface area contributed by atoms with Crippen molar-refractivity contribution in [1.29, 1.82) is 0 Å². The van der Waals surface area contributed by atoms with Gasteiger partial charge in [0.1, 0.15) is 0 Å². The van der Waals surface area contributed by atoms with Gasteiger partial charge >= 0.3 is 0 Å². The van der Waals surface area contributed by atoms with Crippen molar-refractivity contribution >= 4 is 23.4 Å². The largest absolute Gasteiger partial charge is 0.454 e. The molecule has 1 aliphatic heterocycles. The van der Waals surface area contributed by atoms with Gasteiger partial charge in [-0.1, -0.05) is 57.7 Å². The van der Waals surface area contributed by atoms with Crippen molar-refractivity contribution in [2.45, 2.75) is 44.8 Å². The van der Waals surface area contributed by atoms with E-state index in [1.54, 1.807) is 12.1 Å². The maximum Gasteiger partial charge on any atom is 0.277 e. The Morgan fingerprint density at radius 3 is 2.45 bits per heavy atom. The zero-order valence-electron chi connectivity index (χ0n) is 18.0. The van der Waals surface area contributed by atoms with Crippen molar-refractivity contribution in [3.63, 3.8) is 0 Å². The average molecular weight is 440 g/mol. The van der Waals surface area contributed by atoms with Gasteiger partial charge in [-0.3, -0.25) is 4.79 Å². The van der Waals surface area contributed by atoms with Gasteiger partial charge in [0.25, 0.3) is 5.22 Å². The first-order chi connectivity index (χ1) is 14.9. The lowest BCUT2D eigenvalue weighted by molar-refractivity contribution is -0.113. The first-order valence-corrected chi connectivity index (χ1v) is 11.2. The lowest BCUT2D eigenvalue weighted by atomic mass is 9.92. The summed E-state index contributed by atoms with van der Waals surface area (Å²) in [6.07, 6.45) is 0. The summed E-state index contributed by atoms with van der Waals surface area (Å²) >= 11 is 1.21. The Morgan fingerprint density at radius 2 is 1.74 bits per heavy atom. The number of hydrogen-bond donors (Lipinski definition) is 1. The molecule has 0 fully saturated rings. The molecule has 0 saturated heterocycles. The summed E-state index contributed by atoms with van der Waals surface area (Å²) in [5, 5.41) is 11.6. The molecular weight excluding hydrogens is 414 g/mol. The minimum absolute atomic E-state index is 0.108. The van der Waals surface area contributed by atoms with Crippen LogP contribution in [-0.4, -0.2) is 28.7 Å². The molecule has 4 rings (SSSR count). The number of carbonyl (C=O) groups excluding carboxylic acids is 1. The zero-order valence-corrected chi connectivity index (χ0v) is 18.8. The van der Waals surface area contributed by atoms with Crippen LogP contribution in [0.15, 0.2) is 46.0 Å². The van der Waals surface area contributed by atoms with Crippen molar-refractivity contribution in [3.05, 3.63) is 47.5 Å². The van der Waals surface area contributed by atoms with Crippen molar-refractivity contribution < 1.29 is 18.7 Å². The van der Waals surface area contributed by atoms with Gasteiger partial charge in [-0.05, 0) is 41.2 Å². The van der Waals surface area contributed by atoms with E-state index in [1.165, 1.54) is 11.8 Å². The SMILES string of the molecule is CC(C)c1cccc(C(C)C)c1NC(=O)CSc1nnc(-c2ccc3c(c2)OCO3)o1. The molecule has 2 heterocycles. The second-order valence-electron chi connectivity index (χ2n) is 7.90. The molecule has 0 saturated carbocycles. The molecule has 1 aromatic heterocycles. The molecule has 1 N–H and O–H groups in total. The number of nitrogens with one attached hydrogen (secondary N) is 1. The van der Waals surface area contributed by atoms with E-state index in [9.17, 15) is 4.79 Å². The molecule has 0 spiro atoms. The number of anilines is 1. The summed E-state index contributed by atoms with van der Waals surface area (Å²) in [6.45, 7) is 8.71. The zero-order chi connectivity index (χ0) is 22.0. The van der Waals surface area contributed by atoms with Gasteiger partial charge in [0.05, 0.1) is 5.75 Å². The number of hydrogen-bond acceptors (Lipinski definition) is 7. The molecule has 0 aliphatic carbocycles. The quantitative estimate of drug-likeness (QED) is 0.490. The number of fused-ring (bicyclic) bond motifs is 1. The van der Waals surface area contributed by atoms with E-state index in [0.717, 1.165) is 22.4 Å². The second kappa shape index (κ2) is 9.01. The lowest BCUT2D eigenvalue weighted by Crippen LogP contribution is -2.17. The van der Waals surface area contributed by atoms with Crippen LogP contribution < -0.4 is 14.8 Å². The van der Waals surface area contributed by atoms with Gasteiger partial charge in [-0.2, -0.15) is 0 Å². The highest BCUT2D eigenvalue weighted by Crippen LogP contribution is 2.36. The van der Waals surface area contributed by atoms with Gasteiger partial charge in [0.2, 0.25) is 18.6 Å². The topological polar surface area (TPSA) is 86.5 Å². The number of nitrogens with zero attached hydrogens (tertiary/aromatic N) is 2. The third-order valence-electron chi connectivity index (χ3n) is 4.99. The standard InChI is InChI=1S/C23H25N3O4S/c1-13(2)16-6-5-7-17(14(3)4)21(16)24-20(27)11-31-23-26-25-22(30-23)15-8-9-18-19(10-15)29-12-28-18/h5-10,13-14H,11-12H2,1-4H3,(H,24,27). The summed E-state index contributed by atoms with van der Waals surface area (Å²) in [5.74, 6) is 2.39. The summed E-state index contributed by atoms with van der Waals surface area (Å²) in [6, 6.07) is 11.6. The molecule has 3 aromatic rings. The normalized spacial score (nSPS) is 12.6. The summed E-state index contributed by atoms with van der Waals surface area (Å²) < 4.78 is 16.4. The van der Waals surface area contributed by atoms with Gasteiger partial charge in [-0.15, -0.1) is 10.2 Å². The summed E-state index contributed by atoms with van der Waals surface area (Å²) in [7, 11) is 0. The number of ether oxygens (including phenoxy) is 2. The molecule has 8 heteroatoms. The molecule has 0 atom stereocenters. The molecule has 162 valence electrons. The van der Waals surface area contributed by atoms with E-state index >= 15 is 0 Å². The van der Waals surface area contributed by atoms with E-state index in [-0.39, 0.29) is 18.5 Å². The van der Waals surface area contributed by atoms with Crippen molar-refractivity contribution in [3.8, 4) is 23.0 Å². The molecule has 0 radical (unpaired) electrons. The third-order valence-corrected chi connectivity index (χ3v) is 5.81. The van der Waals surface area contributed by atoms with Crippen molar-refractivity contribution in [1.82, 2.24) is 10.2 Å². The van der Waals surface area contributed by atoms with Crippen molar-refractivity contribution in [2.75, 3.05) is 17.9 Å². The number of amides is 1. The van der Waals surface area contributed by atoms with Gasteiger partial charge in [0.15, 0.2) is 11.5 Å². The fourth-order valence-corrected chi connectivity index (χ4v) is 3.98. The smallest absolute Gasteiger partial charge is 0.277 e. The Labute approximate surface area is 185 Å². The van der Waals surface area contributed by atoms with Crippen LogP contribution in [-0.2, 0) is 4.79 Å². The van der Waals surface area contributed by atoms with E-state index < -0.39 is 0 Å². The summed E-state index contributed by atoms with van der Waals surface area (Å²) in [4.78, 5) is 12.7. The van der Waals surface area contributed by atoms with E-state index in [4.69, 9.17) is 13.9 Å². The number of carbonyl (C=O) groups is 1. The predicted octanol–water partition coefficient (Wildman–Crippen LogP) is 5.44. The van der Waals surface area contributed by atoms with Crippen LogP contribution in [0.25, 0.3) is 11.5 Å².